The highest BCUT2D eigenvalue weighted by molar-refractivity contribution is 5.78. The molecule has 0 atom stereocenters. The minimum absolute atomic E-state index is 0.121. The summed E-state index contributed by atoms with van der Waals surface area (Å²) in [4.78, 5) is 11.0. The molecule has 0 aromatic rings. The van der Waals surface area contributed by atoms with Crippen LogP contribution in [-0.4, -0.2) is 36.2 Å². The van der Waals surface area contributed by atoms with Gasteiger partial charge < -0.3 is 15.7 Å². The maximum Gasteiger partial charge on any atom is 0.234 e. The molecule has 3 N–H and O–H groups in total. The van der Waals surface area contributed by atoms with Crippen LogP contribution in [0.5, 0.6) is 0 Å². The summed E-state index contributed by atoms with van der Waals surface area (Å²) < 4.78 is 0. The molecule has 0 unspecified atom stereocenters. The third kappa shape index (κ3) is 9.04. The first kappa shape index (κ1) is 12.1. The monoisotopic (exact) mass is 186 g/mol. The summed E-state index contributed by atoms with van der Waals surface area (Å²) in [7, 11) is 0. The second-order valence-electron chi connectivity index (χ2n) is 3.51. The van der Waals surface area contributed by atoms with E-state index >= 15 is 0 Å². The molecule has 0 aliphatic carbocycles. The molecule has 4 nitrogen and oxygen atoms in total. The number of hydrogen-bond donors (Lipinski definition) is 3. The van der Waals surface area contributed by atoms with Crippen LogP contribution in [-0.2, 0) is 4.79 Å². The van der Waals surface area contributed by atoms with Crippen LogP contribution < -0.4 is 10.6 Å². The fourth-order valence-electron chi connectivity index (χ4n) is 0.665. The van der Waals surface area contributed by atoms with Crippen molar-refractivity contribution in [2.75, 3.05) is 19.6 Å². The van der Waals surface area contributed by atoms with Crippen molar-refractivity contribution in [2.24, 2.45) is 0 Å². The summed E-state index contributed by atoms with van der Waals surface area (Å²) in [6.45, 7) is 7.92. The van der Waals surface area contributed by atoms with Crippen LogP contribution in [0.1, 0.15) is 13.8 Å². The van der Waals surface area contributed by atoms with Gasteiger partial charge in [-0.25, -0.2) is 0 Å². The predicted molar refractivity (Wildman–Crippen MR) is 52.4 cm³/mol. The van der Waals surface area contributed by atoms with E-state index in [-0.39, 0.29) is 19.0 Å². The molecular formula is C9H18N2O2. The maximum atomic E-state index is 11.0. The van der Waals surface area contributed by atoms with Crippen molar-refractivity contribution in [3.63, 3.8) is 0 Å². The van der Waals surface area contributed by atoms with Crippen LogP contribution >= 0.6 is 0 Å². The molecule has 0 heterocycles. The molecule has 0 aromatic carbocycles. The van der Waals surface area contributed by atoms with Gasteiger partial charge in [0, 0.05) is 13.1 Å². The van der Waals surface area contributed by atoms with Crippen molar-refractivity contribution in [1.29, 1.82) is 0 Å². The summed E-state index contributed by atoms with van der Waals surface area (Å²) in [5.41, 5.74) is -0.853. The number of carbonyl (C=O) groups is 1. The van der Waals surface area contributed by atoms with Crippen molar-refractivity contribution in [2.45, 2.75) is 19.4 Å². The van der Waals surface area contributed by atoms with Gasteiger partial charge in [-0.2, -0.15) is 0 Å². The number of rotatable bonds is 6. The lowest BCUT2D eigenvalue weighted by molar-refractivity contribution is -0.121. The molecule has 0 aliphatic heterocycles. The lowest BCUT2D eigenvalue weighted by Gasteiger charge is -2.17. The van der Waals surface area contributed by atoms with Gasteiger partial charge >= 0.3 is 0 Å². The summed E-state index contributed by atoms with van der Waals surface area (Å²) in [5.74, 6) is -0.121. The zero-order valence-corrected chi connectivity index (χ0v) is 8.26. The molecule has 0 aliphatic rings. The largest absolute Gasteiger partial charge is 0.389 e. The molecular weight excluding hydrogens is 168 g/mol. The molecule has 0 saturated carbocycles. The van der Waals surface area contributed by atoms with Crippen LogP contribution in [0.25, 0.3) is 0 Å². The first-order valence-electron chi connectivity index (χ1n) is 4.26. The van der Waals surface area contributed by atoms with E-state index in [0.29, 0.717) is 6.54 Å². The van der Waals surface area contributed by atoms with Gasteiger partial charge in [0.05, 0.1) is 12.1 Å². The first-order chi connectivity index (χ1) is 5.95. The van der Waals surface area contributed by atoms with E-state index < -0.39 is 5.60 Å². The van der Waals surface area contributed by atoms with Crippen molar-refractivity contribution in [3.05, 3.63) is 12.7 Å². The summed E-state index contributed by atoms with van der Waals surface area (Å²) in [5, 5.41) is 14.7. The third-order valence-electron chi connectivity index (χ3n) is 1.29. The van der Waals surface area contributed by atoms with E-state index in [4.69, 9.17) is 0 Å². The number of amides is 1. The van der Waals surface area contributed by atoms with Crippen molar-refractivity contribution < 1.29 is 9.90 Å². The molecule has 1 amide bonds. The van der Waals surface area contributed by atoms with Crippen LogP contribution in [0, 0.1) is 0 Å². The van der Waals surface area contributed by atoms with E-state index in [1.54, 1.807) is 19.9 Å². The quantitative estimate of drug-likeness (QED) is 0.392. The molecule has 76 valence electrons. The highest BCUT2D eigenvalue weighted by Gasteiger charge is 2.13. The fourth-order valence-corrected chi connectivity index (χ4v) is 0.665. The molecule has 0 fully saturated rings. The lowest BCUT2D eigenvalue weighted by atomic mass is 10.1. The Hall–Kier alpha value is -0.870. The van der Waals surface area contributed by atoms with E-state index in [1.807, 2.05) is 0 Å². The second kappa shape index (κ2) is 5.72. The van der Waals surface area contributed by atoms with E-state index in [1.165, 1.54) is 0 Å². The van der Waals surface area contributed by atoms with E-state index in [9.17, 15) is 9.90 Å². The highest BCUT2D eigenvalue weighted by atomic mass is 16.3. The third-order valence-corrected chi connectivity index (χ3v) is 1.29. The first-order valence-corrected chi connectivity index (χ1v) is 4.26. The van der Waals surface area contributed by atoms with Crippen molar-refractivity contribution in [3.8, 4) is 0 Å². The number of carbonyl (C=O) groups excluding carboxylic acids is 1. The second-order valence-corrected chi connectivity index (χ2v) is 3.51. The van der Waals surface area contributed by atoms with Crippen molar-refractivity contribution in [1.82, 2.24) is 10.6 Å². The van der Waals surface area contributed by atoms with Gasteiger partial charge in [-0.15, -0.1) is 6.58 Å². The Morgan fingerprint density at radius 3 is 2.69 bits per heavy atom. The molecule has 0 rings (SSSR count). The minimum Gasteiger partial charge on any atom is -0.389 e. The number of aliphatic hydroxyl groups is 1. The Morgan fingerprint density at radius 1 is 1.62 bits per heavy atom. The molecule has 0 aromatic heterocycles. The van der Waals surface area contributed by atoms with Crippen molar-refractivity contribution >= 4 is 5.91 Å². The molecule has 0 bridgehead atoms. The average Bonchev–Trinajstić information content (AvgIpc) is 2.00. The van der Waals surface area contributed by atoms with Gasteiger partial charge in [0.15, 0.2) is 0 Å². The average molecular weight is 186 g/mol. The normalized spacial score (nSPS) is 11.0. The molecule has 0 saturated heterocycles. The van der Waals surface area contributed by atoms with Gasteiger partial charge in [0.25, 0.3) is 0 Å². The summed E-state index contributed by atoms with van der Waals surface area (Å²) in [6, 6.07) is 0. The van der Waals surface area contributed by atoms with Gasteiger partial charge in [0.2, 0.25) is 5.91 Å². The van der Waals surface area contributed by atoms with Crippen LogP contribution in [0.4, 0.5) is 0 Å². The van der Waals surface area contributed by atoms with Gasteiger partial charge in [-0.05, 0) is 13.8 Å². The standard InChI is InChI=1S/C9H18N2O2/c1-4-5-10-6-8(12)11-7-9(2,3)13/h4,10,13H,1,5-7H2,2-3H3,(H,11,12). The van der Waals surface area contributed by atoms with Crippen LogP contribution in [0.15, 0.2) is 12.7 Å². The fraction of sp³-hybridized carbons (Fsp3) is 0.667. The minimum atomic E-state index is -0.853. The van der Waals surface area contributed by atoms with Crippen LogP contribution in [0.3, 0.4) is 0 Å². The summed E-state index contributed by atoms with van der Waals surface area (Å²) >= 11 is 0. The van der Waals surface area contributed by atoms with E-state index in [0.717, 1.165) is 0 Å². The molecule has 13 heavy (non-hydrogen) atoms. The molecule has 0 radical (unpaired) electrons. The highest BCUT2D eigenvalue weighted by Crippen LogP contribution is 1.96. The Bertz CT molecular complexity index is 173. The summed E-state index contributed by atoms with van der Waals surface area (Å²) in [6.07, 6.45) is 1.68. The molecule has 0 spiro atoms. The number of nitrogens with one attached hydrogen (secondary N) is 2. The Morgan fingerprint density at radius 2 is 2.23 bits per heavy atom. The predicted octanol–water partition coefficient (Wildman–Crippen LogP) is -0.351. The zero-order valence-electron chi connectivity index (χ0n) is 8.26. The zero-order chi connectivity index (χ0) is 10.3. The maximum absolute atomic E-state index is 11.0. The van der Waals surface area contributed by atoms with Gasteiger partial charge in [-0.1, -0.05) is 6.08 Å². The molecule has 4 heteroatoms. The van der Waals surface area contributed by atoms with Gasteiger partial charge in [-0.3, -0.25) is 4.79 Å². The Kier molecular flexibility index (Phi) is 5.34. The topological polar surface area (TPSA) is 61.4 Å². The van der Waals surface area contributed by atoms with Gasteiger partial charge in [0.1, 0.15) is 0 Å². The Labute approximate surface area is 79.0 Å². The SMILES string of the molecule is C=CCNCC(=O)NCC(C)(C)O. The smallest absolute Gasteiger partial charge is 0.234 e. The van der Waals surface area contributed by atoms with Crippen LogP contribution in [0.2, 0.25) is 0 Å². The Balaban J connectivity index is 3.46. The number of hydrogen-bond acceptors (Lipinski definition) is 3. The lowest BCUT2D eigenvalue weighted by Crippen LogP contribution is -2.42. The van der Waals surface area contributed by atoms with E-state index in [2.05, 4.69) is 17.2 Å².